The van der Waals surface area contributed by atoms with Gasteiger partial charge in [-0.3, -0.25) is 0 Å². The fourth-order valence-electron chi connectivity index (χ4n) is 2.28. The van der Waals surface area contributed by atoms with Gasteiger partial charge in [-0.1, -0.05) is 13.8 Å². The third-order valence-corrected chi connectivity index (χ3v) is 4.17. The second-order valence-corrected chi connectivity index (χ2v) is 6.44. The number of ether oxygens (including phenoxy) is 1. The first-order chi connectivity index (χ1) is 8.58. The van der Waals surface area contributed by atoms with Crippen molar-refractivity contribution in [3.63, 3.8) is 0 Å². The average Bonchev–Trinajstić information content (AvgIpc) is 2.67. The van der Waals surface area contributed by atoms with Gasteiger partial charge in [0, 0.05) is 29.4 Å². The third-order valence-electron chi connectivity index (χ3n) is 3.37. The number of fused-ring (bicyclic) bond motifs is 1. The number of hydrogen-bond acceptors (Lipinski definition) is 3. The molecule has 2 aliphatic rings. The van der Waals surface area contributed by atoms with Crippen molar-refractivity contribution in [2.45, 2.75) is 19.3 Å². The van der Waals surface area contributed by atoms with E-state index in [2.05, 4.69) is 64.5 Å². The molecule has 94 valence electrons. The van der Waals surface area contributed by atoms with Crippen LogP contribution < -0.4 is 9.64 Å². The number of rotatable bonds is 1. The molecule has 1 aromatic carbocycles. The second kappa shape index (κ2) is 4.26. The molecule has 18 heavy (non-hydrogen) atoms. The van der Waals surface area contributed by atoms with Crippen molar-refractivity contribution in [1.82, 2.24) is 0 Å². The Balaban J connectivity index is 2.06. The minimum atomic E-state index is 0.0913. The first-order valence-corrected chi connectivity index (χ1v) is 7.07. The van der Waals surface area contributed by atoms with E-state index in [1.165, 1.54) is 14.8 Å². The highest BCUT2D eigenvalue weighted by Crippen LogP contribution is 2.43. The Labute approximate surface area is 121 Å². The molecule has 3 rings (SSSR count). The van der Waals surface area contributed by atoms with Gasteiger partial charge in [0.25, 0.3) is 0 Å². The summed E-state index contributed by atoms with van der Waals surface area (Å²) >= 11 is 2.35. The van der Waals surface area contributed by atoms with Crippen LogP contribution in [0.1, 0.15) is 19.4 Å². The Kier molecular flexibility index (Phi) is 2.84. The van der Waals surface area contributed by atoms with Gasteiger partial charge in [0.1, 0.15) is 5.75 Å². The molecule has 0 N–H and O–H groups in total. The summed E-state index contributed by atoms with van der Waals surface area (Å²) in [6.07, 6.45) is 5.77. The van der Waals surface area contributed by atoms with Crippen LogP contribution in [0.4, 0.5) is 5.69 Å². The first-order valence-electron chi connectivity index (χ1n) is 6.00. The highest BCUT2D eigenvalue weighted by atomic mass is 127. The molecule has 0 atom stereocenters. The number of benzene rings is 1. The molecule has 0 unspecified atom stereocenters. The van der Waals surface area contributed by atoms with Gasteiger partial charge in [-0.2, -0.15) is 0 Å². The standard InChI is InChI=1S/C14H15IN2O/c1-14(2)8-18-13-11(14)6-10(7-12(13)15)17-5-3-4-16-9-17/h3-4,6-7,9H,5,8H2,1-2H3. The fourth-order valence-corrected chi connectivity index (χ4v) is 3.05. The Morgan fingerprint density at radius 1 is 1.39 bits per heavy atom. The summed E-state index contributed by atoms with van der Waals surface area (Å²) in [5.74, 6) is 1.05. The Morgan fingerprint density at radius 3 is 2.94 bits per heavy atom. The molecule has 0 saturated heterocycles. The van der Waals surface area contributed by atoms with Crippen LogP contribution in [-0.4, -0.2) is 19.5 Å². The lowest BCUT2D eigenvalue weighted by atomic mass is 9.87. The molecular formula is C14H15IN2O. The van der Waals surface area contributed by atoms with Gasteiger partial charge in [-0.05, 0) is 40.8 Å². The van der Waals surface area contributed by atoms with Gasteiger partial charge >= 0.3 is 0 Å². The van der Waals surface area contributed by atoms with Crippen LogP contribution in [0.15, 0.2) is 29.4 Å². The lowest BCUT2D eigenvalue weighted by Crippen LogP contribution is -2.24. The molecule has 0 saturated carbocycles. The molecule has 0 aliphatic carbocycles. The average molecular weight is 354 g/mol. The number of nitrogens with zero attached hydrogens (tertiary/aromatic N) is 2. The third kappa shape index (κ3) is 1.92. The van der Waals surface area contributed by atoms with Crippen LogP contribution in [0.5, 0.6) is 5.75 Å². The lowest BCUT2D eigenvalue weighted by molar-refractivity contribution is 0.290. The minimum absolute atomic E-state index is 0.0913. The zero-order chi connectivity index (χ0) is 12.8. The van der Waals surface area contributed by atoms with Gasteiger partial charge in [-0.25, -0.2) is 4.99 Å². The van der Waals surface area contributed by atoms with E-state index in [0.29, 0.717) is 0 Å². The van der Waals surface area contributed by atoms with E-state index >= 15 is 0 Å². The monoisotopic (exact) mass is 354 g/mol. The molecule has 0 spiro atoms. The van der Waals surface area contributed by atoms with Gasteiger partial charge in [-0.15, -0.1) is 0 Å². The van der Waals surface area contributed by atoms with Crippen LogP contribution in [-0.2, 0) is 5.41 Å². The number of halogens is 1. The highest BCUT2D eigenvalue weighted by molar-refractivity contribution is 14.1. The molecule has 3 nitrogen and oxygen atoms in total. The maximum Gasteiger partial charge on any atom is 0.136 e. The lowest BCUT2D eigenvalue weighted by Gasteiger charge is -2.22. The van der Waals surface area contributed by atoms with Gasteiger partial charge in [0.15, 0.2) is 0 Å². The summed E-state index contributed by atoms with van der Waals surface area (Å²) in [5.41, 5.74) is 2.57. The normalized spacial score (nSPS) is 19.8. The van der Waals surface area contributed by atoms with Gasteiger partial charge < -0.3 is 9.64 Å². The summed E-state index contributed by atoms with van der Waals surface area (Å²) in [6.45, 7) is 6.08. The Hall–Kier alpha value is -1.04. The molecule has 0 bridgehead atoms. The Morgan fingerprint density at radius 2 is 2.22 bits per heavy atom. The van der Waals surface area contributed by atoms with Crippen molar-refractivity contribution in [2.75, 3.05) is 18.1 Å². The van der Waals surface area contributed by atoms with Crippen molar-refractivity contribution in [2.24, 2.45) is 4.99 Å². The molecule has 2 heterocycles. The van der Waals surface area contributed by atoms with Crippen LogP contribution >= 0.6 is 22.6 Å². The van der Waals surface area contributed by atoms with Crippen molar-refractivity contribution in [1.29, 1.82) is 0 Å². The summed E-state index contributed by atoms with van der Waals surface area (Å²) < 4.78 is 6.99. The molecule has 4 heteroatoms. The molecule has 0 aromatic heterocycles. The van der Waals surface area contributed by atoms with Crippen LogP contribution in [0.2, 0.25) is 0 Å². The summed E-state index contributed by atoms with van der Waals surface area (Å²) in [6, 6.07) is 4.39. The van der Waals surface area contributed by atoms with Crippen LogP contribution in [0.3, 0.4) is 0 Å². The molecule has 2 aliphatic heterocycles. The zero-order valence-corrected chi connectivity index (χ0v) is 12.6. The highest BCUT2D eigenvalue weighted by Gasteiger charge is 2.34. The summed E-state index contributed by atoms with van der Waals surface area (Å²) in [4.78, 5) is 6.33. The van der Waals surface area contributed by atoms with Crippen molar-refractivity contribution in [3.8, 4) is 5.75 Å². The van der Waals surface area contributed by atoms with E-state index in [1.54, 1.807) is 0 Å². The molecular weight excluding hydrogens is 339 g/mol. The van der Waals surface area contributed by atoms with E-state index in [-0.39, 0.29) is 5.41 Å². The van der Waals surface area contributed by atoms with E-state index < -0.39 is 0 Å². The van der Waals surface area contributed by atoms with E-state index in [1.807, 2.05) is 12.5 Å². The topological polar surface area (TPSA) is 24.8 Å². The summed E-state index contributed by atoms with van der Waals surface area (Å²) in [7, 11) is 0. The van der Waals surface area contributed by atoms with E-state index in [0.717, 1.165) is 18.9 Å². The van der Waals surface area contributed by atoms with Gasteiger partial charge in [0.2, 0.25) is 0 Å². The van der Waals surface area contributed by atoms with Crippen molar-refractivity contribution < 1.29 is 4.74 Å². The van der Waals surface area contributed by atoms with Gasteiger partial charge in [0.05, 0.1) is 16.5 Å². The van der Waals surface area contributed by atoms with E-state index in [4.69, 9.17) is 4.74 Å². The molecule has 0 amide bonds. The SMILES string of the molecule is CC1(C)COc2c(I)cc(N3C=NC=CC3)cc21. The van der Waals surface area contributed by atoms with Crippen molar-refractivity contribution in [3.05, 3.63) is 33.5 Å². The number of hydrogen-bond donors (Lipinski definition) is 0. The van der Waals surface area contributed by atoms with E-state index in [9.17, 15) is 0 Å². The summed E-state index contributed by atoms with van der Waals surface area (Å²) in [5, 5.41) is 0. The first kappa shape index (κ1) is 12.0. The van der Waals surface area contributed by atoms with Crippen LogP contribution in [0.25, 0.3) is 0 Å². The molecule has 0 fully saturated rings. The minimum Gasteiger partial charge on any atom is -0.491 e. The second-order valence-electron chi connectivity index (χ2n) is 5.28. The largest absolute Gasteiger partial charge is 0.491 e. The number of anilines is 1. The number of aliphatic imine (C=N–C) groups is 1. The smallest absolute Gasteiger partial charge is 0.136 e. The predicted octanol–water partition coefficient (Wildman–Crippen LogP) is 3.32. The predicted molar refractivity (Wildman–Crippen MR) is 82.7 cm³/mol. The van der Waals surface area contributed by atoms with Crippen molar-refractivity contribution >= 4 is 34.6 Å². The zero-order valence-electron chi connectivity index (χ0n) is 10.5. The molecule has 1 aromatic rings. The fraction of sp³-hybridized carbons (Fsp3) is 0.357. The van der Waals surface area contributed by atoms with Crippen LogP contribution in [0, 0.1) is 3.57 Å². The maximum atomic E-state index is 5.81. The quantitative estimate of drug-likeness (QED) is 0.723. The Bertz CT molecular complexity index is 549. The molecule has 0 radical (unpaired) electrons. The maximum absolute atomic E-state index is 5.81.